The summed E-state index contributed by atoms with van der Waals surface area (Å²) in [5, 5.41) is 1.54. The second-order valence-electron chi connectivity index (χ2n) is 4.95. The maximum atomic E-state index is 5.77. The van der Waals surface area contributed by atoms with E-state index in [1.165, 1.54) is 16.3 Å². The first kappa shape index (κ1) is 14.0. The third-order valence-electron chi connectivity index (χ3n) is 3.18. The van der Waals surface area contributed by atoms with Crippen molar-refractivity contribution in [1.29, 1.82) is 0 Å². The molecule has 0 saturated heterocycles. The largest absolute Gasteiger partial charge is 0.376 e. The van der Waals surface area contributed by atoms with Gasteiger partial charge in [-0.1, -0.05) is 72.9 Å². The Morgan fingerprint density at radius 3 is 2.32 bits per heavy atom. The molecule has 2 rings (SSSR count). The lowest BCUT2D eigenvalue weighted by Gasteiger charge is -2.11. The Bertz CT molecular complexity index is 494. The number of ether oxygens (including phenoxy) is 1. The molecule has 0 aliphatic carbocycles. The summed E-state index contributed by atoms with van der Waals surface area (Å²) in [6.07, 6.45) is 1.01. The van der Waals surface area contributed by atoms with Gasteiger partial charge in [-0.2, -0.15) is 0 Å². The molecule has 0 aliphatic rings. The molecule has 1 radical (unpaired) electrons. The molecular weight excluding hydrogens is 248 g/mol. The number of hydrogen-bond acceptors (Lipinski definition) is 1. The lowest BCUT2D eigenvalue weighted by atomic mass is 10.1. The molecule has 2 aromatic rings. The van der Waals surface area contributed by atoms with Crippen molar-refractivity contribution < 1.29 is 4.74 Å². The predicted octanol–water partition coefficient (Wildman–Crippen LogP) is 3.41. The minimum Gasteiger partial charge on any atom is -0.376 e. The van der Waals surface area contributed by atoms with Gasteiger partial charge in [0.05, 0.1) is 22.0 Å². The topological polar surface area (TPSA) is 9.23 Å². The van der Waals surface area contributed by atoms with Crippen LogP contribution in [0.1, 0.15) is 11.1 Å². The summed E-state index contributed by atoms with van der Waals surface area (Å²) in [4.78, 5) is 0. The minimum atomic E-state index is -0.386. The van der Waals surface area contributed by atoms with E-state index in [0.717, 1.165) is 13.0 Å². The van der Waals surface area contributed by atoms with E-state index in [9.17, 15) is 0 Å². The zero-order valence-electron chi connectivity index (χ0n) is 11.7. The monoisotopic (exact) mass is 269 g/mol. The zero-order chi connectivity index (χ0) is 13.5. The SMILES string of the molecule is C[Si](C)c1ccccc1CCOCc1ccccc1. The summed E-state index contributed by atoms with van der Waals surface area (Å²) < 4.78 is 5.77. The second-order valence-corrected chi connectivity index (χ2v) is 7.48. The molecule has 1 nitrogen and oxygen atoms in total. The van der Waals surface area contributed by atoms with E-state index in [2.05, 4.69) is 61.6 Å². The maximum Gasteiger partial charge on any atom is 0.0795 e. The molecule has 2 heteroatoms. The molecule has 0 saturated carbocycles. The lowest BCUT2D eigenvalue weighted by molar-refractivity contribution is 0.124. The van der Waals surface area contributed by atoms with Crippen molar-refractivity contribution in [1.82, 2.24) is 0 Å². The van der Waals surface area contributed by atoms with Gasteiger partial charge in [0.1, 0.15) is 0 Å². The van der Waals surface area contributed by atoms with Crippen LogP contribution < -0.4 is 5.19 Å². The third kappa shape index (κ3) is 4.34. The van der Waals surface area contributed by atoms with Gasteiger partial charge in [-0.05, 0) is 17.5 Å². The van der Waals surface area contributed by atoms with Crippen molar-refractivity contribution in [2.75, 3.05) is 6.61 Å². The van der Waals surface area contributed by atoms with E-state index in [1.54, 1.807) is 0 Å². The van der Waals surface area contributed by atoms with Gasteiger partial charge < -0.3 is 4.74 Å². The Morgan fingerprint density at radius 1 is 0.895 bits per heavy atom. The molecule has 0 atom stereocenters. The highest BCUT2D eigenvalue weighted by molar-refractivity contribution is 6.71. The smallest absolute Gasteiger partial charge is 0.0795 e. The number of hydrogen-bond donors (Lipinski definition) is 0. The van der Waals surface area contributed by atoms with E-state index >= 15 is 0 Å². The van der Waals surface area contributed by atoms with Crippen LogP contribution in [0.4, 0.5) is 0 Å². The number of benzene rings is 2. The summed E-state index contributed by atoms with van der Waals surface area (Å²) in [6.45, 7) is 6.18. The molecule has 0 fully saturated rings. The van der Waals surface area contributed by atoms with Crippen LogP contribution in [0.15, 0.2) is 54.6 Å². The maximum absolute atomic E-state index is 5.77. The third-order valence-corrected chi connectivity index (χ3v) is 4.75. The Balaban J connectivity index is 1.83. The summed E-state index contributed by atoms with van der Waals surface area (Å²) in [7, 11) is -0.386. The van der Waals surface area contributed by atoms with Crippen molar-refractivity contribution in [3.63, 3.8) is 0 Å². The molecule has 0 aliphatic heterocycles. The second kappa shape index (κ2) is 7.27. The van der Waals surface area contributed by atoms with Gasteiger partial charge in [0.25, 0.3) is 0 Å². The fourth-order valence-corrected chi connectivity index (χ4v) is 3.45. The fourth-order valence-electron chi connectivity index (χ4n) is 2.17. The molecule has 0 N–H and O–H groups in total. The van der Waals surface area contributed by atoms with Crippen molar-refractivity contribution >= 4 is 14.0 Å². The summed E-state index contributed by atoms with van der Waals surface area (Å²) in [6, 6.07) is 19.1. The van der Waals surface area contributed by atoms with Crippen molar-refractivity contribution in [3.05, 3.63) is 65.7 Å². The van der Waals surface area contributed by atoms with Crippen LogP contribution in [0.2, 0.25) is 13.1 Å². The molecular formula is C17H21OSi. The van der Waals surface area contributed by atoms with Gasteiger partial charge in [0.15, 0.2) is 0 Å². The highest BCUT2D eigenvalue weighted by Gasteiger charge is 2.06. The van der Waals surface area contributed by atoms with E-state index in [0.29, 0.717) is 6.61 Å². The molecule has 2 aromatic carbocycles. The van der Waals surface area contributed by atoms with Crippen LogP contribution >= 0.6 is 0 Å². The molecule has 0 unspecified atom stereocenters. The predicted molar refractivity (Wildman–Crippen MR) is 83.4 cm³/mol. The lowest BCUT2D eigenvalue weighted by Crippen LogP contribution is -2.27. The summed E-state index contributed by atoms with van der Waals surface area (Å²) >= 11 is 0. The fraction of sp³-hybridized carbons (Fsp3) is 0.294. The van der Waals surface area contributed by atoms with E-state index in [1.807, 2.05) is 6.07 Å². The Hall–Kier alpha value is -1.38. The van der Waals surface area contributed by atoms with Crippen LogP contribution in [0.3, 0.4) is 0 Å². The normalized spacial score (nSPS) is 10.9. The van der Waals surface area contributed by atoms with Crippen molar-refractivity contribution in [2.24, 2.45) is 0 Å². The first-order valence-corrected chi connectivity index (χ1v) is 9.27. The summed E-state index contributed by atoms with van der Waals surface area (Å²) in [5.41, 5.74) is 2.70. The molecule has 0 bridgehead atoms. The van der Waals surface area contributed by atoms with Gasteiger partial charge in [-0.25, -0.2) is 0 Å². The van der Waals surface area contributed by atoms with Crippen LogP contribution in [-0.2, 0) is 17.8 Å². The molecule has 19 heavy (non-hydrogen) atoms. The molecule has 0 amide bonds. The van der Waals surface area contributed by atoms with Gasteiger partial charge in [0.2, 0.25) is 0 Å². The zero-order valence-corrected chi connectivity index (χ0v) is 12.7. The number of rotatable bonds is 6. The molecule has 0 aromatic heterocycles. The Morgan fingerprint density at radius 2 is 1.58 bits per heavy atom. The van der Waals surface area contributed by atoms with Crippen LogP contribution in [0, 0.1) is 0 Å². The van der Waals surface area contributed by atoms with E-state index < -0.39 is 0 Å². The Kier molecular flexibility index (Phi) is 5.37. The highest BCUT2D eigenvalue weighted by Crippen LogP contribution is 2.03. The van der Waals surface area contributed by atoms with Gasteiger partial charge in [0, 0.05) is 0 Å². The van der Waals surface area contributed by atoms with Crippen molar-refractivity contribution in [3.8, 4) is 0 Å². The molecule has 0 spiro atoms. The first-order valence-electron chi connectivity index (χ1n) is 6.77. The summed E-state index contributed by atoms with van der Waals surface area (Å²) in [5.74, 6) is 0. The highest BCUT2D eigenvalue weighted by atomic mass is 28.3. The Labute approximate surface area is 117 Å². The van der Waals surface area contributed by atoms with Crippen LogP contribution in [0.25, 0.3) is 0 Å². The van der Waals surface area contributed by atoms with Crippen molar-refractivity contribution in [2.45, 2.75) is 26.1 Å². The molecule has 0 heterocycles. The first-order chi connectivity index (χ1) is 9.27. The van der Waals surface area contributed by atoms with Gasteiger partial charge in [-0.15, -0.1) is 0 Å². The standard InChI is InChI=1S/C17H21OSi/c1-19(2)17-11-7-6-10-16(17)12-13-18-14-15-8-4-3-5-9-15/h3-11H,12-14H2,1-2H3. The average molecular weight is 269 g/mol. The van der Waals surface area contributed by atoms with E-state index in [-0.39, 0.29) is 8.80 Å². The van der Waals surface area contributed by atoms with Gasteiger partial charge in [-0.3, -0.25) is 0 Å². The minimum absolute atomic E-state index is 0.386. The van der Waals surface area contributed by atoms with Crippen LogP contribution in [0.5, 0.6) is 0 Å². The van der Waals surface area contributed by atoms with E-state index in [4.69, 9.17) is 4.74 Å². The van der Waals surface area contributed by atoms with Gasteiger partial charge >= 0.3 is 0 Å². The quantitative estimate of drug-likeness (QED) is 0.577. The van der Waals surface area contributed by atoms with Crippen LogP contribution in [-0.4, -0.2) is 15.4 Å². The molecule has 99 valence electrons. The average Bonchev–Trinajstić information content (AvgIpc) is 2.45.